The largest absolute Gasteiger partial charge is 0.473 e. The molecule has 1 fully saturated rings. The monoisotopic (exact) mass is 443 g/mol. The van der Waals surface area contributed by atoms with Crippen LogP contribution in [-0.2, 0) is 22.7 Å². The minimum Gasteiger partial charge on any atom is -0.473 e. The van der Waals surface area contributed by atoms with Gasteiger partial charge in [0.25, 0.3) is 5.69 Å². The summed E-state index contributed by atoms with van der Waals surface area (Å²) in [4.78, 5) is 34.0. The van der Waals surface area contributed by atoms with Gasteiger partial charge in [-0.15, -0.1) is 0 Å². The Labute approximate surface area is 187 Å². The Balaban J connectivity index is 0.000000534. The van der Waals surface area contributed by atoms with E-state index in [1.807, 2.05) is 12.1 Å². The number of piperidine rings is 1. The molecule has 1 heterocycles. The van der Waals surface area contributed by atoms with Crippen LogP contribution in [0.3, 0.4) is 0 Å². The van der Waals surface area contributed by atoms with E-state index in [0.717, 1.165) is 44.6 Å². The van der Waals surface area contributed by atoms with Crippen molar-refractivity contribution >= 4 is 17.6 Å². The lowest BCUT2D eigenvalue weighted by atomic mass is 10.0. The molecular formula is C23H29N3O6. The zero-order valence-corrected chi connectivity index (χ0v) is 18.1. The SMILES string of the molecule is CCN(Cc1ccccc1)C1CCN(Cc2ccccc2[N+](=O)[O-])CC1.O=C(O)C(=O)O. The summed E-state index contributed by atoms with van der Waals surface area (Å²) in [5.41, 5.74) is 2.40. The van der Waals surface area contributed by atoms with Gasteiger partial charge in [-0.3, -0.25) is 19.9 Å². The molecule has 0 bridgehead atoms. The number of aliphatic carboxylic acids is 2. The van der Waals surface area contributed by atoms with Crippen molar-refractivity contribution in [3.63, 3.8) is 0 Å². The van der Waals surface area contributed by atoms with Crippen LogP contribution in [0.2, 0.25) is 0 Å². The van der Waals surface area contributed by atoms with Gasteiger partial charge in [0, 0.05) is 30.8 Å². The number of nitro groups is 1. The van der Waals surface area contributed by atoms with Crippen LogP contribution >= 0.6 is 0 Å². The van der Waals surface area contributed by atoms with Gasteiger partial charge in [0.1, 0.15) is 0 Å². The van der Waals surface area contributed by atoms with Crippen molar-refractivity contribution in [2.24, 2.45) is 0 Å². The van der Waals surface area contributed by atoms with E-state index in [2.05, 4.69) is 47.1 Å². The van der Waals surface area contributed by atoms with E-state index in [-0.39, 0.29) is 10.6 Å². The van der Waals surface area contributed by atoms with Gasteiger partial charge < -0.3 is 10.2 Å². The third-order valence-corrected chi connectivity index (χ3v) is 5.47. The number of hydrogen-bond donors (Lipinski definition) is 2. The number of nitrogens with zero attached hydrogens (tertiary/aromatic N) is 3. The second-order valence-corrected chi connectivity index (χ2v) is 7.55. The molecule has 0 atom stereocenters. The van der Waals surface area contributed by atoms with Crippen molar-refractivity contribution in [2.75, 3.05) is 19.6 Å². The quantitative estimate of drug-likeness (QED) is 0.380. The molecule has 2 aromatic carbocycles. The van der Waals surface area contributed by atoms with E-state index in [4.69, 9.17) is 19.8 Å². The molecule has 0 spiro atoms. The number of nitro benzene ring substituents is 1. The van der Waals surface area contributed by atoms with Crippen LogP contribution in [0.25, 0.3) is 0 Å². The zero-order valence-electron chi connectivity index (χ0n) is 18.1. The third kappa shape index (κ3) is 7.75. The Hall–Kier alpha value is -3.30. The molecular weight excluding hydrogens is 414 g/mol. The highest BCUT2D eigenvalue weighted by Gasteiger charge is 2.25. The third-order valence-electron chi connectivity index (χ3n) is 5.47. The molecule has 0 aromatic heterocycles. The van der Waals surface area contributed by atoms with Crippen LogP contribution in [0.5, 0.6) is 0 Å². The average Bonchev–Trinajstić information content (AvgIpc) is 2.79. The van der Waals surface area contributed by atoms with Crippen molar-refractivity contribution < 1.29 is 24.7 Å². The molecule has 172 valence electrons. The lowest BCUT2D eigenvalue weighted by Gasteiger charge is -2.38. The second-order valence-electron chi connectivity index (χ2n) is 7.55. The average molecular weight is 444 g/mol. The van der Waals surface area contributed by atoms with E-state index in [0.29, 0.717) is 12.6 Å². The molecule has 9 nitrogen and oxygen atoms in total. The summed E-state index contributed by atoms with van der Waals surface area (Å²) in [6, 6.07) is 18.3. The van der Waals surface area contributed by atoms with Gasteiger partial charge in [-0.2, -0.15) is 0 Å². The predicted octanol–water partition coefficient (Wildman–Crippen LogP) is 3.24. The molecule has 0 aliphatic carbocycles. The van der Waals surface area contributed by atoms with Crippen LogP contribution in [0.4, 0.5) is 5.69 Å². The van der Waals surface area contributed by atoms with E-state index in [9.17, 15) is 10.1 Å². The minimum atomic E-state index is -1.82. The van der Waals surface area contributed by atoms with Gasteiger partial charge in [-0.1, -0.05) is 55.5 Å². The topological polar surface area (TPSA) is 124 Å². The van der Waals surface area contributed by atoms with Gasteiger partial charge in [0.05, 0.1) is 4.92 Å². The number of likely N-dealkylation sites (tertiary alicyclic amines) is 1. The zero-order chi connectivity index (χ0) is 23.5. The highest BCUT2D eigenvalue weighted by atomic mass is 16.6. The van der Waals surface area contributed by atoms with Crippen molar-refractivity contribution in [1.29, 1.82) is 0 Å². The molecule has 9 heteroatoms. The Morgan fingerprint density at radius 1 is 1.03 bits per heavy atom. The minimum absolute atomic E-state index is 0.230. The Morgan fingerprint density at radius 2 is 1.59 bits per heavy atom. The maximum Gasteiger partial charge on any atom is 0.414 e. The molecule has 0 saturated carbocycles. The van der Waals surface area contributed by atoms with Crippen LogP contribution < -0.4 is 0 Å². The molecule has 0 radical (unpaired) electrons. The summed E-state index contributed by atoms with van der Waals surface area (Å²) < 4.78 is 0. The van der Waals surface area contributed by atoms with Crippen molar-refractivity contribution in [2.45, 2.75) is 38.9 Å². The van der Waals surface area contributed by atoms with Gasteiger partial charge in [-0.05, 0) is 38.0 Å². The normalized spacial score (nSPS) is 14.4. The summed E-state index contributed by atoms with van der Waals surface area (Å²) in [5.74, 6) is -3.65. The highest BCUT2D eigenvalue weighted by molar-refractivity contribution is 6.27. The number of benzene rings is 2. The van der Waals surface area contributed by atoms with E-state index in [1.165, 1.54) is 5.56 Å². The molecule has 2 aromatic rings. The lowest BCUT2D eigenvalue weighted by Crippen LogP contribution is -2.44. The van der Waals surface area contributed by atoms with Crippen molar-refractivity contribution in [3.8, 4) is 0 Å². The van der Waals surface area contributed by atoms with Crippen LogP contribution in [-0.4, -0.2) is 62.6 Å². The van der Waals surface area contributed by atoms with Crippen LogP contribution in [0.15, 0.2) is 54.6 Å². The first-order chi connectivity index (χ1) is 15.3. The number of carboxylic acid groups (broad SMARTS) is 2. The van der Waals surface area contributed by atoms with Crippen LogP contribution in [0, 0.1) is 10.1 Å². The molecule has 32 heavy (non-hydrogen) atoms. The number of para-hydroxylation sites is 1. The van der Waals surface area contributed by atoms with Crippen molar-refractivity contribution in [1.82, 2.24) is 9.80 Å². The molecule has 1 saturated heterocycles. The van der Waals surface area contributed by atoms with E-state index < -0.39 is 11.9 Å². The summed E-state index contributed by atoms with van der Waals surface area (Å²) in [7, 11) is 0. The molecule has 2 N–H and O–H groups in total. The fourth-order valence-corrected chi connectivity index (χ4v) is 3.82. The Kier molecular flexibility index (Phi) is 9.77. The van der Waals surface area contributed by atoms with E-state index in [1.54, 1.807) is 12.1 Å². The Morgan fingerprint density at radius 3 is 2.12 bits per heavy atom. The molecule has 0 amide bonds. The summed E-state index contributed by atoms with van der Waals surface area (Å²) in [5, 5.41) is 26.0. The fraction of sp³-hybridized carbons (Fsp3) is 0.391. The highest BCUT2D eigenvalue weighted by Crippen LogP contribution is 2.24. The first-order valence-electron chi connectivity index (χ1n) is 10.5. The van der Waals surface area contributed by atoms with Gasteiger partial charge in [0.15, 0.2) is 0 Å². The number of hydrogen-bond acceptors (Lipinski definition) is 6. The second kappa shape index (κ2) is 12.5. The molecule has 0 unspecified atom stereocenters. The fourth-order valence-electron chi connectivity index (χ4n) is 3.82. The molecule has 1 aliphatic heterocycles. The first-order valence-corrected chi connectivity index (χ1v) is 10.5. The first kappa shape index (κ1) is 25.0. The van der Waals surface area contributed by atoms with Gasteiger partial charge in [0.2, 0.25) is 0 Å². The molecule has 1 aliphatic rings. The predicted molar refractivity (Wildman–Crippen MR) is 119 cm³/mol. The summed E-state index contributed by atoms with van der Waals surface area (Å²) in [6.45, 7) is 6.90. The van der Waals surface area contributed by atoms with Crippen LogP contribution in [0.1, 0.15) is 30.9 Å². The Bertz CT molecular complexity index is 886. The van der Waals surface area contributed by atoms with Gasteiger partial charge >= 0.3 is 11.9 Å². The maximum absolute atomic E-state index is 11.2. The van der Waals surface area contributed by atoms with E-state index >= 15 is 0 Å². The standard InChI is InChI=1S/C21H27N3O2.C2H2O4/c1-2-23(16-18-8-4-3-5-9-18)20-12-14-22(15-13-20)17-19-10-6-7-11-21(19)24(25)26;3-1(4)2(5)6/h3-11,20H,2,12-17H2,1H3;(H,3,4)(H,5,6). The molecule has 3 rings (SSSR count). The number of rotatable bonds is 7. The lowest BCUT2D eigenvalue weighted by molar-refractivity contribution is -0.385. The summed E-state index contributed by atoms with van der Waals surface area (Å²) >= 11 is 0. The number of carbonyl (C=O) groups is 2. The summed E-state index contributed by atoms with van der Waals surface area (Å²) in [6.07, 6.45) is 2.22. The number of carboxylic acids is 2. The maximum atomic E-state index is 11.2. The smallest absolute Gasteiger partial charge is 0.414 e. The van der Waals surface area contributed by atoms with Crippen molar-refractivity contribution in [3.05, 3.63) is 75.8 Å². The van der Waals surface area contributed by atoms with Gasteiger partial charge in [-0.25, -0.2) is 9.59 Å².